The highest BCUT2D eigenvalue weighted by Crippen LogP contribution is 2.37. The number of halogens is 12. The van der Waals surface area contributed by atoms with Crippen molar-refractivity contribution in [1.82, 2.24) is 0 Å². The number of methoxy groups -OCH3 is 3. The maximum atomic E-state index is 12.7. The van der Waals surface area contributed by atoms with Gasteiger partial charge in [0, 0.05) is 106 Å². The van der Waals surface area contributed by atoms with Gasteiger partial charge in [0.05, 0.1) is 65.6 Å². The van der Waals surface area contributed by atoms with Gasteiger partial charge in [-0.2, -0.15) is 0 Å². The van der Waals surface area contributed by atoms with Gasteiger partial charge in [-0.25, -0.2) is 24.0 Å². The monoisotopic (exact) mass is 2080 g/mol. The first-order valence-corrected chi connectivity index (χ1v) is 41.4. The Kier molecular flexibility index (Phi) is 38.5. The Labute approximate surface area is 770 Å². The number of nitrogens with one attached hydrogen (secondary N) is 3. The minimum Gasteiger partial charge on any atom is -0.478 e. The molecule has 0 fully saturated rings. The number of nitro benzene ring substituents is 1. The van der Waals surface area contributed by atoms with Gasteiger partial charge in [-0.3, -0.25) is 29.3 Å². The quantitative estimate of drug-likeness (QED) is 0.00847. The van der Waals surface area contributed by atoms with Crippen molar-refractivity contribution < 1.29 is 87.3 Å². The van der Waals surface area contributed by atoms with Crippen molar-refractivity contribution in [2.75, 3.05) is 43.0 Å². The number of aromatic carboxylic acids is 2. The molecule has 0 saturated heterocycles. The fourth-order valence-corrected chi connectivity index (χ4v) is 15.5. The minimum absolute atomic E-state index is 0.00339. The van der Waals surface area contributed by atoms with Crippen molar-refractivity contribution >= 4 is 294 Å². The summed E-state index contributed by atoms with van der Waals surface area (Å²) in [5.41, 5.74) is 8.55. The van der Waals surface area contributed by atoms with Crippen molar-refractivity contribution in [3.8, 4) is 16.2 Å². The number of amides is 3. The highest BCUT2D eigenvalue weighted by Gasteiger charge is 2.23. The molecule has 2 heterocycles. The van der Waals surface area contributed by atoms with Crippen molar-refractivity contribution in [3.63, 3.8) is 0 Å². The number of thiophene rings is 2. The lowest BCUT2D eigenvalue weighted by molar-refractivity contribution is -0.385. The molecule has 0 radical (unpaired) electrons. The van der Waals surface area contributed by atoms with Gasteiger partial charge >= 0.3 is 37.0 Å². The van der Waals surface area contributed by atoms with Crippen molar-refractivity contribution in [1.29, 1.82) is 0 Å². The smallest absolute Gasteiger partial charge is 0.478 e. The van der Waals surface area contributed by atoms with Gasteiger partial charge in [0.15, 0.2) is 0 Å². The number of carboxylic acid groups (broad SMARTS) is 2. The highest BCUT2D eigenvalue weighted by atomic mass is 79.9. The second-order valence-corrected chi connectivity index (χ2v) is 33.1. The van der Waals surface area contributed by atoms with Gasteiger partial charge in [0.1, 0.15) is 11.3 Å². The SMILES string of the molecule is COC(=O)c1ccc(Br)cc1N.COC(=O)c1ccc(Br)cc1NC(=O)c1cc(Cl)cc(Cl)c1.COC(=O)c1ccc(Br)cc1[N+](=O)[O-].O=C(Nc1cc(-c2cc3ccccc3s2)ccc1C(=O)O)c1cc(Cl)cc(Cl)c1.O=C(Nc1cc(Br)ccc1C(=O)O)c1cc(Cl)cc(Cl)c1.O=COc1cc(Cl)cc(Cl)c1.OB(O)c1cc2ccccc2s1. The van der Waals surface area contributed by atoms with Crippen LogP contribution in [0.3, 0.4) is 0 Å². The number of nitrogens with two attached hydrogens (primary N) is 1. The van der Waals surface area contributed by atoms with Crippen LogP contribution in [0.2, 0.25) is 40.2 Å². The zero-order chi connectivity index (χ0) is 89.1. The average molecular weight is 2090 g/mol. The van der Waals surface area contributed by atoms with Crippen molar-refractivity contribution in [2.24, 2.45) is 0 Å². The number of anilines is 4. The summed E-state index contributed by atoms with van der Waals surface area (Å²) in [7, 11) is 2.42. The molecule has 0 aliphatic carbocycles. The number of hydrogen-bond donors (Lipinski definition) is 8. The molecule has 3 amide bonds. The van der Waals surface area contributed by atoms with Crippen LogP contribution in [0.25, 0.3) is 30.6 Å². The first-order chi connectivity index (χ1) is 57.4. The number of hydrogen-bond acceptors (Lipinski definition) is 20. The predicted octanol–water partition coefficient (Wildman–Crippen LogP) is 23.4. The van der Waals surface area contributed by atoms with E-state index < -0.39 is 59.6 Å². The number of nitrogens with zero attached hydrogens (tertiary/aromatic N) is 1. The fraction of sp³-hybridized carbons (Fsp3) is 0.0366. The first kappa shape index (κ1) is 98.1. The minimum atomic E-state index is -1.35. The van der Waals surface area contributed by atoms with E-state index in [1.165, 1.54) is 130 Å². The fourth-order valence-electron chi connectivity index (χ4n) is 10.0. The molecule has 13 aromatic rings. The molecule has 0 aliphatic rings. The summed E-state index contributed by atoms with van der Waals surface area (Å²) in [6.45, 7) is 0.321. The molecule has 39 heteroatoms. The number of benzene rings is 11. The molecule has 0 spiro atoms. The molecule has 0 unspecified atom stereocenters. The van der Waals surface area contributed by atoms with E-state index in [0.29, 0.717) is 87.5 Å². The predicted molar refractivity (Wildman–Crippen MR) is 491 cm³/mol. The van der Waals surface area contributed by atoms with E-state index in [9.17, 15) is 58.4 Å². The molecule has 2 aromatic heterocycles. The number of rotatable bonds is 16. The molecule has 24 nitrogen and oxygen atoms in total. The number of ether oxygens (including phenoxy) is 4. The number of carbonyl (C=O) groups excluding carboxylic acids is 7. The van der Waals surface area contributed by atoms with Gasteiger partial charge in [-0.05, 0) is 192 Å². The largest absolute Gasteiger partial charge is 0.499 e. The molecule has 11 aromatic carbocycles. The number of nitrogen functional groups attached to an aromatic ring is 1. The van der Waals surface area contributed by atoms with Crippen molar-refractivity contribution in [2.45, 2.75) is 0 Å². The second-order valence-electron chi connectivity index (χ2n) is 23.7. The number of carboxylic acids is 2. The van der Waals surface area contributed by atoms with Crippen LogP contribution in [0.5, 0.6) is 5.75 Å². The molecule has 9 N–H and O–H groups in total. The highest BCUT2D eigenvalue weighted by molar-refractivity contribution is 9.11. The molecular formula is C82H56BBr4Cl8N5O19S2. The van der Waals surface area contributed by atoms with Crippen LogP contribution >= 0.6 is 179 Å². The lowest BCUT2D eigenvalue weighted by Crippen LogP contribution is -2.26. The third kappa shape index (κ3) is 30.2. The summed E-state index contributed by atoms with van der Waals surface area (Å²) in [4.78, 5) is 115. The van der Waals surface area contributed by atoms with E-state index in [-0.39, 0.29) is 56.0 Å². The summed E-state index contributed by atoms with van der Waals surface area (Å²) in [6, 6.07) is 60.9. The Bertz CT molecular complexity index is 5930. The Morgan fingerprint density at radius 2 is 0.777 bits per heavy atom. The van der Waals surface area contributed by atoms with E-state index in [1.807, 2.05) is 54.6 Å². The van der Waals surface area contributed by atoms with E-state index >= 15 is 0 Å². The Morgan fingerprint density at radius 3 is 1.17 bits per heavy atom. The summed E-state index contributed by atoms with van der Waals surface area (Å²) in [5.74, 6) is -5.04. The molecule has 622 valence electrons. The zero-order valence-corrected chi connectivity index (χ0v) is 75.8. The number of carbonyl (C=O) groups is 9. The van der Waals surface area contributed by atoms with Gasteiger partial charge < -0.3 is 60.9 Å². The Morgan fingerprint density at radius 1 is 0.430 bits per heavy atom. The van der Waals surface area contributed by atoms with E-state index in [2.05, 4.69) is 93.9 Å². The molecule has 0 bridgehead atoms. The Hall–Kier alpha value is -10.0. The third-order valence-electron chi connectivity index (χ3n) is 15.4. The summed E-state index contributed by atoms with van der Waals surface area (Å²) in [6.07, 6.45) is 0. The molecule has 0 aliphatic heterocycles. The van der Waals surface area contributed by atoms with Crippen LogP contribution in [-0.4, -0.2) is 108 Å². The lowest BCUT2D eigenvalue weighted by Gasteiger charge is -2.11. The normalized spacial score (nSPS) is 10.2. The lowest BCUT2D eigenvalue weighted by atomic mass is 9.89. The summed E-state index contributed by atoms with van der Waals surface area (Å²) >= 11 is 62.4. The van der Waals surface area contributed by atoms with Crippen LogP contribution in [0.4, 0.5) is 28.4 Å². The van der Waals surface area contributed by atoms with E-state index in [4.69, 9.17) is 118 Å². The average Bonchev–Trinajstić information content (AvgIpc) is 1.78. The topological polar surface area (TPSA) is 377 Å². The third-order valence-corrected chi connectivity index (χ3v) is 21.4. The van der Waals surface area contributed by atoms with Crippen LogP contribution in [0, 0.1) is 10.1 Å². The molecule has 0 saturated carbocycles. The van der Waals surface area contributed by atoms with Crippen molar-refractivity contribution in [3.05, 3.63) is 337 Å². The number of esters is 3. The van der Waals surface area contributed by atoms with Crippen LogP contribution in [-0.2, 0) is 19.0 Å². The Balaban J connectivity index is 0.000000200. The van der Waals surface area contributed by atoms with E-state index in [0.717, 1.165) is 35.1 Å². The molecule has 121 heavy (non-hydrogen) atoms. The summed E-state index contributed by atoms with van der Waals surface area (Å²) in [5, 5.41) is 59.9. The van der Waals surface area contributed by atoms with Gasteiger partial charge in [0.25, 0.3) is 29.9 Å². The molecule has 13 rings (SSSR count). The number of fused-ring (bicyclic) bond motifs is 2. The first-order valence-electron chi connectivity index (χ1n) is 33.5. The molecule has 0 atom stereocenters. The molecular weight excluding hydrogens is 2040 g/mol. The second kappa shape index (κ2) is 47.4. The summed E-state index contributed by atoms with van der Waals surface area (Å²) < 4.78 is 23.7. The standard InChI is InChI=1S/C22H13Cl2NO3S.C15H10BrCl2NO3.C14H8BrCl2NO3.C8H7BO2S.C8H6BrNO4.C8H8BrNO2.C7H4Cl2O2/c23-15-7-14(8-16(24)11-15)21(26)25-18-9-13(5-6-17(18)22(27)28)20-10-12-3-1-2-4-19(12)29-20;1-22-15(21)12-3-2-9(16)6-13(12)19-14(20)8-4-10(17)7-11(18)5-8;15-8-1-2-11(14(20)21)12(5-8)18-13(19)7-3-9(16)6-10(17)4-7;10-9(11)8-5-6-3-1-2-4-7(6)12-8;1-14-8(11)6-3-2-5(9)4-7(6)10(12)13;1-12-8(11)6-3-2-5(9)4-7(6)10;8-5-1-6(9)3-7(2-5)11-4-10/h1-11H,(H,25,26)(H,27,28);2-7H,1H3,(H,19,20);1-6H,(H,18,19)(H,20,21);1-5,10-11H;2-4H,1H3;2-4H,10H2,1H3;1-4H. The van der Waals surface area contributed by atoms with E-state index in [1.54, 1.807) is 84.1 Å². The maximum Gasteiger partial charge on any atom is 0.499 e. The van der Waals surface area contributed by atoms with Crippen LogP contribution < -0.4 is 31.2 Å². The zero-order valence-electron chi connectivity index (χ0n) is 61.8. The maximum absolute atomic E-state index is 12.7. The van der Waals surface area contributed by atoms with Gasteiger partial charge in [-0.1, -0.05) is 199 Å². The number of nitro groups is 1. The van der Waals surface area contributed by atoms with Crippen LogP contribution in [0.15, 0.2) is 242 Å². The van der Waals surface area contributed by atoms with Crippen LogP contribution in [0.1, 0.15) is 82.9 Å². The van der Waals surface area contributed by atoms with Gasteiger partial charge in [0.2, 0.25) is 0 Å². The van der Waals surface area contributed by atoms with Gasteiger partial charge in [-0.15, -0.1) is 22.7 Å².